The molecule has 0 radical (unpaired) electrons. The number of anilines is 1. The van der Waals surface area contributed by atoms with Crippen molar-refractivity contribution in [3.05, 3.63) is 42.1 Å². The molecule has 1 aliphatic rings. The maximum atomic E-state index is 6.23. The molecule has 0 saturated carbocycles. The fourth-order valence-corrected chi connectivity index (χ4v) is 2.95. The third-order valence-corrected chi connectivity index (χ3v) is 3.88. The Hall–Kier alpha value is -1.55. The zero-order valence-electron chi connectivity index (χ0n) is 10.7. The number of hydrogen-bond donors (Lipinski definition) is 0. The molecular formula is C14H17ClN4. The van der Waals surface area contributed by atoms with Crippen molar-refractivity contribution in [2.75, 3.05) is 18.0 Å². The molecule has 100 valence electrons. The van der Waals surface area contributed by atoms with Crippen LogP contribution < -0.4 is 4.90 Å². The van der Waals surface area contributed by atoms with Crippen LogP contribution >= 0.6 is 11.6 Å². The van der Waals surface area contributed by atoms with E-state index in [0.717, 1.165) is 30.5 Å². The highest BCUT2D eigenvalue weighted by Gasteiger charge is 2.22. The van der Waals surface area contributed by atoms with Crippen molar-refractivity contribution in [2.24, 2.45) is 5.92 Å². The lowest BCUT2D eigenvalue weighted by Crippen LogP contribution is -2.37. The van der Waals surface area contributed by atoms with Gasteiger partial charge in [0, 0.05) is 38.2 Å². The second-order valence-electron chi connectivity index (χ2n) is 5.02. The molecule has 1 fully saturated rings. The average Bonchev–Trinajstić information content (AvgIpc) is 2.92. The highest BCUT2D eigenvalue weighted by molar-refractivity contribution is 6.32. The molecule has 0 N–H and O–H groups in total. The molecule has 1 aliphatic heterocycles. The van der Waals surface area contributed by atoms with Gasteiger partial charge in [0.1, 0.15) is 5.82 Å². The third kappa shape index (κ3) is 2.89. The van der Waals surface area contributed by atoms with Gasteiger partial charge in [-0.15, -0.1) is 0 Å². The molecule has 0 amide bonds. The molecule has 0 spiro atoms. The first-order valence-electron chi connectivity index (χ1n) is 6.64. The Morgan fingerprint density at radius 1 is 1.37 bits per heavy atom. The Morgan fingerprint density at radius 2 is 2.32 bits per heavy atom. The summed E-state index contributed by atoms with van der Waals surface area (Å²) in [5.74, 6) is 1.54. The van der Waals surface area contributed by atoms with Crippen LogP contribution in [0.2, 0.25) is 5.02 Å². The van der Waals surface area contributed by atoms with E-state index < -0.39 is 0 Å². The van der Waals surface area contributed by atoms with Gasteiger partial charge >= 0.3 is 0 Å². The maximum absolute atomic E-state index is 6.23. The Kier molecular flexibility index (Phi) is 3.69. The van der Waals surface area contributed by atoms with E-state index in [-0.39, 0.29) is 0 Å². The molecule has 5 heteroatoms. The van der Waals surface area contributed by atoms with Crippen molar-refractivity contribution >= 4 is 17.4 Å². The summed E-state index contributed by atoms with van der Waals surface area (Å²) in [6, 6.07) is 3.78. The van der Waals surface area contributed by atoms with Crippen LogP contribution in [0.5, 0.6) is 0 Å². The number of nitrogens with zero attached hydrogens (tertiary/aromatic N) is 4. The van der Waals surface area contributed by atoms with E-state index in [4.69, 9.17) is 11.6 Å². The van der Waals surface area contributed by atoms with Crippen LogP contribution in [0.15, 0.2) is 37.1 Å². The molecule has 0 aromatic carbocycles. The monoisotopic (exact) mass is 276 g/mol. The Bertz CT molecular complexity index is 526. The highest BCUT2D eigenvalue weighted by atomic mass is 35.5. The smallest absolute Gasteiger partial charge is 0.147 e. The fourth-order valence-electron chi connectivity index (χ4n) is 2.71. The largest absolute Gasteiger partial charge is 0.355 e. The van der Waals surface area contributed by atoms with E-state index in [1.165, 1.54) is 12.8 Å². The summed E-state index contributed by atoms with van der Waals surface area (Å²) in [6.07, 6.45) is 9.97. The summed E-state index contributed by atoms with van der Waals surface area (Å²) in [6.45, 7) is 3.06. The summed E-state index contributed by atoms with van der Waals surface area (Å²) in [7, 11) is 0. The van der Waals surface area contributed by atoms with Crippen LogP contribution in [-0.4, -0.2) is 27.6 Å². The van der Waals surface area contributed by atoms with Crippen molar-refractivity contribution in [2.45, 2.75) is 19.4 Å². The summed E-state index contributed by atoms with van der Waals surface area (Å²) in [4.78, 5) is 10.8. The van der Waals surface area contributed by atoms with E-state index in [2.05, 4.69) is 19.4 Å². The first-order valence-corrected chi connectivity index (χ1v) is 7.02. The fraction of sp³-hybridized carbons (Fsp3) is 0.429. The Labute approximate surface area is 118 Å². The first-order chi connectivity index (χ1) is 9.33. The number of hydrogen-bond acceptors (Lipinski definition) is 3. The van der Waals surface area contributed by atoms with Gasteiger partial charge in [0.05, 0.1) is 11.3 Å². The van der Waals surface area contributed by atoms with Gasteiger partial charge in [-0.2, -0.15) is 0 Å². The van der Waals surface area contributed by atoms with E-state index in [9.17, 15) is 0 Å². The van der Waals surface area contributed by atoms with Crippen molar-refractivity contribution in [1.82, 2.24) is 14.5 Å². The zero-order valence-corrected chi connectivity index (χ0v) is 11.5. The lowest BCUT2D eigenvalue weighted by Gasteiger charge is -2.34. The summed E-state index contributed by atoms with van der Waals surface area (Å²) in [5.41, 5.74) is 0. The molecule has 3 heterocycles. The summed E-state index contributed by atoms with van der Waals surface area (Å²) < 4.78 is 2.15. The molecule has 19 heavy (non-hydrogen) atoms. The second-order valence-corrected chi connectivity index (χ2v) is 5.43. The topological polar surface area (TPSA) is 34.0 Å². The van der Waals surface area contributed by atoms with Crippen LogP contribution in [0.4, 0.5) is 5.82 Å². The van der Waals surface area contributed by atoms with Crippen molar-refractivity contribution in [1.29, 1.82) is 0 Å². The van der Waals surface area contributed by atoms with Crippen LogP contribution in [0.1, 0.15) is 12.8 Å². The second kappa shape index (κ2) is 5.61. The van der Waals surface area contributed by atoms with Crippen LogP contribution in [0, 0.1) is 5.92 Å². The van der Waals surface area contributed by atoms with E-state index in [1.54, 1.807) is 6.20 Å². The molecule has 2 aromatic heterocycles. The van der Waals surface area contributed by atoms with Crippen LogP contribution in [0.3, 0.4) is 0 Å². The standard InChI is InChI=1S/C14H17ClN4/c15-13-4-1-5-17-14(13)19-7-2-3-12(10-19)9-18-8-6-16-11-18/h1,4-6,8,11-12H,2-3,7,9-10H2/t12-/m1/s1. The van der Waals surface area contributed by atoms with Gasteiger partial charge in [-0.3, -0.25) is 0 Å². The highest BCUT2D eigenvalue weighted by Crippen LogP contribution is 2.27. The predicted octanol–water partition coefficient (Wildman–Crippen LogP) is 2.85. The summed E-state index contributed by atoms with van der Waals surface area (Å²) >= 11 is 6.23. The number of aromatic nitrogens is 3. The molecule has 3 rings (SSSR count). The lowest BCUT2D eigenvalue weighted by molar-refractivity contribution is 0.365. The number of piperidine rings is 1. The minimum atomic E-state index is 0.626. The van der Waals surface area contributed by atoms with Crippen LogP contribution in [0.25, 0.3) is 0 Å². The van der Waals surface area contributed by atoms with Gasteiger partial charge in [0.25, 0.3) is 0 Å². The van der Waals surface area contributed by atoms with Gasteiger partial charge in [-0.05, 0) is 30.9 Å². The first kappa shape index (κ1) is 12.5. The molecule has 0 aliphatic carbocycles. The molecule has 0 unspecified atom stereocenters. The van der Waals surface area contributed by atoms with Gasteiger partial charge in [-0.25, -0.2) is 9.97 Å². The van der Waals surface area contributed by atoms with Gasteiger partial charge in [-0.1, -0.05) is 11.6 Å². The molecule has 2 aromatic rings. The van der Waals surface area contributed by atoms with Crippen LogP contribution in [-0.2, 0) is 6.54 Å². The zero-order chi connectivity index (χ0) is 13.1. The number of halogens is 1. The number of pyridine rings is 1. The summed E-state index contributed by atoms with van der Waals surface area (Å²) in [5, 5.41) is 0.741. The van der Waals surface area contributed by atoms with Gasteiger partial charge < -0.3 is 9.47 Å². The van der Waals surface area contributed by atoms with Gasteiger partial charge in [0.15, 0.2) is 0 Å². The molecule has 1 atom stereocenters. The number of imidazole rings is 1. The quantitative estimate of drug-likeness (QED) is 0.864. The van der Waals surface area contributed by atoms with Crippen molar-refractivity contribution < 1.29 is 0 Å². The molecule has 0 bridgehead atoms. The Morgan fingerprint density at radius 3 is 3.11 bits per heavy atom. The van der Waals surface area contributed by atoms with Gasteiger partial charge in [0.2, 0.25) is 0 Å². The predicted molar refractivity (Wildman–Crippen MR) is 76.4 cm³/mol. The normalized spacial score (nSPS) is 19.6. The van der Waals surface area contributed by atoms with Crippen molar-refractivity contribution in [3.63, 3.8) is 0 Å². The maximum Gasteiger partial charge on any atom is 0.147 e. The lowest BCUT2D eigenvalue weighted by atomic mass is 9.98. The molecular weight excluding hydrogens is 260 g/mol. The van der Waals surface area contributed by atoms with Crippen molar-refractivity contribution in [3.8, 4) is 0 Å². The van der Waals surface area contributed by atoms with E-state index in [1.807, 2.05) is 30.9 Å². The minimum Gasteiger partial charge on any atom is -0.355 e. The molecule has 4 nitrogen and oxygen atoms in total. The number of rotatable bonds is 3. The van der Waals surface area contributed by atoms with E-state index >= 15 is 0 Å². The third-order valence-electron chi connectivity index (χ3n) is 3.59. The molecule has 1 saturated heterocycles. The average molecular weight is 277 g/mol. The SMILES string of the molecule is Clc1cccnc1N1CCC[C@H](Cn2ccnc2)C1. The Balaban J connectivity index is 1.70. The van der Waals surface area contributed by atoms with E-state index in [0.29, 0.717) is 5.92 Å². The minimum absolute atomic E-state index is 0.626.